The van der Waals surface area contributed by atoms with Crippen LogP contribution in [-0.4, -0.2) is 19.9 Å². The first-order valence-corrected chi connectivity index (χ1v) is 4.94. The van der Waals surface area contributed by atoms with Crippen LogP contribution in [0.15, 0.2) is 0 Å². The van der Waals surface area contributed by atoms with Crippen LogP contribution in [0.3, 0.4) is 0 Å². The molecule has 0 saturated carbocycles. The molecular weight excluding hydrogens is 170 g/mol. The maximum atomic E-state index is 4.91. The van der Waals surface area contributed by atoms with Crippen molar-refractivity contribution in [2.75, 3.05) is 13.7 Å². The molecule has 0 aliphatic rings. The van der Waals surface area contributed by atoms with Crippen molar-refractivity contribution in [3.8, 4) is 11.7 Å². The molecule has 0 rings (SSSR count). The molecule has 0 radical (unpaired) electrons. The van der Waals surface area contributed by atoms with Gasteiger partial charge in [0.25, 0.3) is 0 Å². The molecule has 0 unspecified atom stereocenters. The second-order valence-corrected chi connectivity index (χ2v) is 3.46. The number of ether oxygens (including phenoxy) is 1. The van der Waals surface area contributed by atoms with Crippen LogP contribution in [0.25, 0.3) is 0 Å². The Bertz CT molecular complexity index is 159. The summed E-state index contributed by atoms with van der Waals surface area (Å²) in [6.45, 7) is 7.26. The van der Waals surface area contributed by atoms with E-state index in [1.54, 1.807) is 7.11 Å². The topological polar surface area (TPSA) is 9.23 Å². The summed E-state index contributed by atoms with van der Waals surface area (Å²) in [5, 5.41) is 0. The summed E-state index contributed by atoms with van der Waals surface area (Å²) in [6, 6.07) is 0. The fourth-order valence-electron chi connectivity index (χ4n) is 1.50. The third kappa shape index (κ3) is 5.81. The molecule has 0 aliphatic carbocycles. The molecule has 0 bridgehead atoms. The maximum Gasteiger partial charge on any atom is 1.00 e. The van der Waals surface area contributed by atoms with Gasteiger partial charge in [0.05, 0.1) is 6.15 Å². The predicted octanol–water partition coefficient (Wildman–Crippen LogP) is -0.312. The zero-order valence-corrected chi connectivity index (χ0v) is 11.8. The van der Waals surface area contributed by atoms with Gasteiger partial charge in [-0.2, -0.15) is 19.0 Å². The van der Waals surface area contributed by atoms with Gasteiger partial charge in [0.1, 0.15) is 6.61 Å². The fraction of sp³-hybridized carbons (Fsp3) is 0.800. The molecule has 13 heavy (non-hydrogen) atoms. The normalized spacial score (nSPS) is 9.85. The van der Waals surface area contributed by atoms with Gasteiger partial charge in [-0.25, -0.2) is 0 Å². The molecule has 0 aromatic heterocycles. The Kier molecular flexibility index (Phi) is 11.3. The first-order chi connectivity index (χ1) is 5.74. The minimum Gasteiger partial charge on any atom is -0.372 e. The second kappa shape index (κ2) is 9.15. The van der Waals surface area contributed by atoms with Crippen molar-refractivity contribution >= 4 is 6.15 Å². The van der Waals surface area contributed by atoms with Crippen molar-refractivity contribution in [1.29, 1.82) is 0 Å². The molecule has 0 fully saturated rings. The largest absolute Gasteiger partial charge is 1.00 e. The maximum absolute atomic E-state index is 4.91. The molecule has 0 aromatic carbocycles. The van der Waals surface area contributed by atoms with E-state index < -0.39 is 6.15 Å². The van der Waals surface area contributed by atoms with E-state index in [0.717, 1.165) is 0 Å². The van der Waals surface area contributed by atoms with Gasteiger partial charge in [-0.15, -0.1) is 5.92 Å². The smallest absolute Gasteiger partial charge is 0.372 e. The minimum absolute atomic E-state index is 0. The molecule has 0 heterocycles. The van der Waals surface area contributed by atoms with Gasteiger partial charge in [0.15, 0.2) is 0 Å². The fourth-order valence-corrected chi connectivity index (χ4v) is 1.50. The summed E-state index contributed by atoms with van der Waals surface area (Å²) in [5.41, 5.74) is 0. The Hall–Kier alpha value is 0.585. The molecule has 0 aromatic rings. The van der Waals surface area contributed by atoms with Crippen LogP contribution < -0.4 is 29.6 Å². The number of hydrogen-bond donors (Lipinski definition) is 0. The van der Waals surface area contributed by atoms with Crippen molar-refractivity contribution in [3.63, 3.8) is 0 Å². The summed E-state index contributed by atoms with van der Waals surface area (Å²) < 4.78 is 4.91. The average molecular weight is 190 g/mol. The molecular formula is C10H20BNaO. The molecule has 70 valence electrons. The molecule has 0 atom stereocenters. The number of methoxy groups -OCH3 is 1. The molecule has 0 aliphatic heterocycles. The Morgan fingerprint density at radius 3 is 1.85 bits per heavy atom. The van der Waals surface area contributed by atoms with Crippen LogP contribution in [-0.2, 0) is 4.74 Å². The van der Waals surface area contributed by atoms with E-state index in [9.17, 15) is 0 Å². The van der Waals surface area contributed by atoms with Crippen LogP contribution in [0.1, 0.15) is 20.8 Å². The van der Waals surface area contributed by atoms with E-state index in [-0.39, 0.29) is 29.6 Å². The van der Waals surface area contributed by atoms with Gasteiger partial charge in [0, 0.05) is 7.11 Å². The van der Waals surface area contributed by atoms with Crippen LogP contribution in [0.2, 0.25) is 19.0 Å². The van der Waals surface area contributed by atoms with E-state index in [1.165, 1.54) is 19.0 Å². The number of rotatable bonds is 4. The average Bonchev–Trinajstić information content (AvgIpc) is 2.14. The standard InChI is InChI=1S/C10H20BO.Na/c1-5-11(6-2,7-3)9-8-10-12-4;/h5-7,10H2,1-4H3;/q-1;+1. The van der Waals surface area contributed by atoms with Crippen molar-refractivity contribution in [2.45, 2.75) is 39.7 Å². The van der Waals surface area contributed by atoms with Gasteiger partial charge in [-0.3, -0.25) is 0 Å². The van der Waals surface area contributed by atoms with E-state index in [1.807, 2.05) is 0 Å². The van der Waals surface area contributed by atoms with Gasteiger partial charge in [0.2, 0.25) is 0 Å². The first-order valence-electron chi connectivity index (χ1n) is 4.94. The molecule has 0 saturated heterocycles. The van der Waals surface area contributed by atoms with Gasteiger partial charge < -0.3 is 10.6 Å². The minimum atomic E-state index is -0.409. The molecule has 1 nitrogen and oxygen atoms in total. The quantitative estimate of drug-likeness (QED) is 0.436. The summed E-state index contributed by atoms with van der Waals surface area (Å²) in [6.07, 6.45) is 3.19. The number of hydrogen-bond acceptors (Lipinski definition) is 1. The van der Waals surface area contributed by atoms with E-state index in [0.29, 0.717) is 6.61 Å². The third-order valence-electron chi connectivity index (χ3n) is 2.97. The molecule has 0 spiro atoms. The summed E-state index contributed by atoms with van der Waals surface area (Å²) in [4.78, 5) is 0. The zero-order chi connectivity index (χ0) is 9.45. The molecule has 0 N–H and O–H groups in total. The Morgan fingerprint density at radius 1 is 1.08 bits per heavy atom. The van der Waals surface area contributed by atoms with Crippen molar-refractivity contribution in [3.05, 3.63) is 0 Å². The van der Waals surface area contributed by atoms with E-state index in [4.69, 9.17) is 4.74 Å². The second-order valence-electron chi connectivity index (χ2n) is 3.46. The molecule has 0 amide bonds. The van der Waals surface area contributed by atoms with Crippen LogP contribution in [0, 0.1) is 11.7 Å². The van der Waals surface area contributed by atoms with Gasteiger partial charge in [-0.1, -0.05) is 20.8 Å². The van der Waals surface area contributed by atoms with Crippen LogP contribution in [0.5, 0.6) is 0 Å². The Balaban J connectivity index is 0. The summed E-state index contributed by atoms with van der Waals surface area (Å²) >= 11 is 0. The van der Waals surface area contributed by atoms with Crippen LogP contribution >= 0.6 is 0 Å². The van der Waals surface area contributed by atoms with E-state index in [2.05, 4.69) is 32.5 Å². The van der Waals surface area contributed by atoms with Crippen LogP contribution in [0.4, 0.5) is 0 Å². The first kappa shape index (κ1) is 16.0. The summed E-state index contributed by atoms with van der Waals surface area (Å²) in [5.74, 6) is 6.46. The van der Waals surface area contributed by atoms with Crippen molar-refractivity contribution in [1.82, 2.24) is 0 Å². The zero-order valence-electron chi connectivity index (χ0n) is 9.81. The monoisotopic (exact) mass is 190 g/mol. The summed E-state index contributed by atoms with van der Waals surface area (Å²) in [7, 11) is 1.69. The molecule has 3 heteroatoms. The van der Waals surface area contributed by atoms with Crippen molar-refractivity contribution < 1.29 is 34.3 Å². The predicted molar refractivity (Wildman–Crippen MR) is 56.8 cm³/mol. The SMILES string of the molecule is CC[B-](C#CCOC)(CC)CC.[Na+]. The van der Waals surface area contributed by atoms with Gasteiger partial charge in [-0.05, 0) is 0 Å². The van der Waals surface area contributed by atoms with Gasteiger partial charge >= 0.3 is 29.6 Å². The third-order valence-corrected chi connectivity index (χ3v) is 2.97. The Morgan fingerprint density at radius 2 is 1.54 bits per heavy atom. The van der Waals surface area contributed by atoms with E-state index >= 15 is 0 Å². The van der Waals surface area contributed by atoms with Crippen molar-refractivity contribution in [2.24, 2.45) is 0 Å². The Labute approximate surface area is 105 Å².